The van der Waals surface area contributed by atoms with Crippen molar-refractivity contribution in [3.63, 3.8) is 0 Å². The standard InChI is InChI=1S/C15H13Cl3O2/c1-19-14-7-11(8-16)6-13(18)15(14)20-9-10-3-2-4-12(17)5-10/h2-7H,8-9H2,1H3. The predicted octanol–water partition coefficient (Wildman–Crippen LogP) is 5.32. The Morgan fingerprint density at radius 2 is 1.85 bits per heavy atom. The van der Waals surface area contributed by atoms with Crippen molar-refractivity contribution in [2.24, 2.45) is 0 Å². The Hall–Kier alpha value is -1.09. The van der Waals surface area contributed by atoms with Crippen LogP contribution in [0.2, 0.25) is 10.0 Å². The molecule has 0 aliphatic carbocycles. The summed E-state index contributed by atoms with van der Waals surface area (Å²) in [5, 5.41) is 1.14. The van der Waals surface area contributed by atoms with E-state index in [1.807, 2.05) is 30.3 Å². The van der Waals surface area contributed by atoms with E-state index in [0.717, 1.165) is 11.1 Å². The molecule has 0 spiro atoms. The fourth-order valence-electron chi connectivity index (χ4n) is 1.77. The highest BCUT2D eigenvalue weighted by molar-refractivity contribution is 6.32. The van der Waals surface area contributed by atoms with Gasteiger partial charge in [0.15, 0.2) is 11.5 Å². The van der Waals surface area contributed by atoms with Gasteiger partial charge in [-0.1, -0.05) is 35.3 Å². The largest absolute Gasteiger partial charge is 0.493 e. The maximum atomic E-state index is 6.20. The molecule has 0 atom stereocenters. The van der Waals surface area contributed by atoms with Gasteiger partial charge in [-0.2, -0.15) is 0 Å². The number of methoxy groups -OCH3 is 1. The first-order valence-electron chi connectivity index (χ1n) is 5.93. The topological polar surface area (TPSA) is 18.5 Å². The van der Waals surface area contributed by atoms with Gasteiger partial charge in [0.1, 0.15) is 6.61 Å². The normalized spacial score (nSPS) is 10.4. The molecule has 0 aromatic heterocycles. The van der Waals surface area contributed by atoms with E-state index in [0.29, 0.717) is 34.0 Å². The third-order valence-electron chi connectivity index (χ3n) is 2.72. The summed E-state index contributed by atoms with van der Waals surface area (Å²) in [6.07, 6.45) is 0. The van der Waals surface area contributed by atoms with Crippen LogP contribution in [0.15, 0.2) is 36.4 Å². The Balaban J connectivity index is 2.20. The van der Waals surface area contributed by atoms with Gasteiger partial charge in [0, 0.05) is 10.9 Å². The van der Waals surface area contributed by atoms with Crippen molar-refractivity contribution < 1.29 is 9.47 Å². The van der Waals surface area contributed by atoms with E-state index >= 15 is 0 Å². The van der Waals surface area contributed by atoms with Crippen molar-refractivity contribution in [1.82, 2.24) is 0 Å². The molecule has 0 aliphatic rings. The van der Waals surface area contributed by atoms with Crippen molar-refractivity contribution in [2.75, 3.05) is 7.11 Å². The van der Waals surface area contributed by atoms with Gasteiger partial charge in [0.05, 0.1) is 12.1 Å². The van der Waals surface area contributed by atoms with Gasteiger partial charge < -0.3 is 9.47 Å². The SMILES string of the molecule is COc1cc(CCl)cc(Cl)c1OCc1cccc(Cl)c1. The number of halogens is 3. The highest BCUT2D eigenvalue weighted by Gasteiger charge is 2.12. The van der Waals surface area contributed by atoms with Crippen LogP contribution in [0, 0.1) is 0 Å². The van der Waals surface area contributed by atoms with E-state index in [9.17, 15) is 0 Å². The number of hydrogen-bond donors (Lipinski definition) is 0. The molecule has 0 fully saturated rings. The lowest BCUT2D eigenvalue weighted by Crippen LogP contribution is -1.99. The summed E-state index contributed by atoms with van der Waals surface area (Å²) in [7, 11) is 1.57. The van der Waals surface area contributed by atoms with Crippen LogP contribution >= 0.6 is 34.8 Å². The lowest BCUT2D eigenvalue weighted by molar-refractivity contribution is 0.284. The summed E-state index contributed by atoms with van der Waals surface area (Å²) in [6.45, 7) is 0.358. The summed E-state index contributed by atoms with van der Waals surface area (Å²) in [5.41, 5.74) is 1.83. The highest BCUT2D eigenvalue weighted by atomic mass is 35.5. The highest BCUT2D eigenvalue weighted by Crippen LogP contribution is 2.37. The zero-order valence-corrected chi connectivity index (χ0v) is 13.1. The number of rotatable bonds is 5. The first-order chi connectivity index (χ1) is 9.63. The van der Waals surface area contributed by atoms with Gasteiger partial charge in [-0.3, -0.25) is 0 Å². The van der Waals surface area contributed by atoms with Crippen LogP contribution in [0.1, 0.15) is 11.1 Å². The second-order valence-corrected chi connectivity index (χ2v) is 5.27. The molecule has 0 bridgehead atoms. The van der Waals surface area contributed by atoms with E-state index in [2.05, 4.69) is 0 Å². The van der Waals surface area contributed by atoms with Crippen LogP contribution < -0.4 is 9.47 Å². The summed E-state index contributed by atoms with van der Waals surface area (Å²) in [4.78, 5) is 0. The first kappa shape index (κ1) is 15.3. The number of benzene rings is 2. The van der Waals surface area contributed by atoms with Crippen molar-refractivity contribution in [2.45, 2.75) is 12.5 Å². The van der Waals surface area contributed by atoms with Crippen LogP contribution in [-0.2, 0) is 12.5 Å². The van der Waals surface area contributed by atoms with Crippen LogP contribution in [0.3, 0.4) is 0 Å². The molecule has 106 valence electrons. The lowest BCUT2D eigenvalue weighted by atomic mass is 10.2. The van der Waals surface area contributed by atoms with Crippen molar-refractivity contribution in [3.05, 3.63) is 57.6 Å². The maximum Gasteiger partial charge on any atom is 0.180 e. The molecule has 20 heavy (non-hydrogen) atoms. The number of hydrogen-bond acceptors (Lipinski definition) is 2. The Morgan fingerprint density at radius 3 is 2.50 bits per heavy atom. The third kappa shape index (κ3) is 3.72. The first-order valence-corrected chi connectivity index (χ1v) is 7.22. The van der Waals surface area contributed by atoms with Gasteiger partial charge in [-0.25, -0.2) is 0 Å². The quantitative estimate of drug-likeness (QED) is 0.690. The zero-order valence-electron chi connectivity index (χ0n) is 10.8. The fourth-order valence-corrected chi connectivity index (χ4v) is 2.43. The van der Waals surface area contributed by atoms with E-state index in [-0.39, 0.29) is 0 Å². The zero-order chi connectivity index (χ0) is 14.5. The van der Waals surface area contributed by atoms with Crippen molar-refractivity contribution in [3.8, 4) is 11.5 Å². The monoisotopic (exact) mass is 330 g/mol. The minimum atomic E-state index is 0.358. The molecule has 0 aliphatic heterocycles. The summed E-state index contributed by atoms with van der Waals surface area (Å²) >= 11 is 17.9. The molecule has 0 N–H and O–H groups in total. The Bertz CT molecular complexity index is 600. The Labute approximate surface area is 133 Å². The average molecular weight is 332 g/mol. The van der Waals surface area contributed by atoms with Crippen LogP contribution in [0.5, 0.6) is 11.5 Å². The molecule has 0 heterocycles. The molecule has 0 radical (unpaired) electrons. The minimum absolute atomic E-state index is 0.358. The van der Waals surface area contributed by atoms with Crippen LogP contribution in [0.25, 0.3) is 0 Å². The molecule has 5 heteroatoms. The smallest absolute Gasteiger partial charge is 0.180 e. The molecule has 0 saturated heterocycles. The molecule has 0 saturated carbocycles. The lowest BCUT2D eigenvalue weighted by Gasteiger charge is -2.13. The van der Waals surface area contributed by atoms with Crippen LogP contribution in [0.4, 0.5) is 0 Å². The molecule has 2 aromatic carbocycles. The molecular weight excluding hydrogens is 319 g/mol. The van der Waals surface area contributed by atoms with E-state index < -0.39 is 0 Å². The Kier molecular flexibility index (Phi) is 5.41. The predicted molar refractivity (Wildman–Crippen MR) is 83.3 cm³/mol. The number of ether oxygens (including phenoxy) is 2. The van der Waals surface area contributed by atoms with Crippen molar-refractivity contribution >= 4 is 34.8 Å². The van der Waals surface area contributed by atoms with Crippen molar-refractivity contribution in [1.29, 1.82) is 0 Å². The molecular formula is C15H13Cl3O2. The van der Waals surface area contributed by atoms with Gasteiger partial charge in [-0.05, 0) is 35.4 Å². The van der Waals surface area contributed by atoms with Crippen LogP contribution in [-0.4, -0.2) is 7.11 Å². The molecule has 0 amide bonds. The average Bonchev–Trinajstić information content (AvgIpc) is 2.45. The van der Waals surface area contributed by atoms with E-state index in [1.165, 1.54) is 0 Å². The third-order valence-corrected chi connectivity index (χ3v) is 3.54. The Morgan fingerprint density at radius 1 is 1.05 bits per heavy atom. The second-order valence-electron chi connectivity index (χ2n) is 4.16. The molecule has 0 unspecified atom stereocenters. The molecule has 2 rings (SSSR count). The summed E-state index contributed by atoms with van der Waals surface area (Å²) in [6, 6.07) is 11.0. The van der Waals surface area contributed by atoms with Gasteiger partial charge in [-0.15, -0.1) is 11.6 Å². The maximum absolute atomic E-state index is 6.20. The van der Waals surface area contributed by atoms with Gasteiger partial charge >= 0.3 is 0 Å². The minimum Gasteiger partial charge on any atom is -0.493 e. The number of alkyl halides is 1. The summed E-state index contributed by atoms with van der Waals surface area (Å²) in [5.74, 6) is 1.43. The molecule has 2 nitrogen and oxygen atoms in total. The van der Waals surface area contributed by atoms with E-state index in [1.54, 1.807) is 13.2 Å². The molecule has 2 aromatic rings. The van der Waals surface area contributed by atoms with Gasteiger partial charge in [0.25, 0.3) is 0 Å². The fraction of sp³-hybridized carbons (Fsp3) is 0.200. The summed E-state index contributed by atoms with van der Waals surface area (Å²) < 4.78 is 11.0. The van der Waals surface area contributed by atoms with E-state index in [4.69, 9.17) is 44.3 Å². The van der Waals surface area contributed by atoms with Gasteiger partial charge in [0.2, 0.25) is 0 Å². The second kappa shape index (κ2) is 7.07.